The van der Waals surface area contributed by atoms with Crippen molar-refractivity contribution in [3.8, 4) is 0 Å². The zero-order chi connectivity index (χ0) is 12.0. The zero-order valence-corrected chi connectivity index (χ0v) is 10.5. The fraction of sp³-hybridized carbons (Fsp3) is 0.273. The molecule has 1 aromatic heterocycles. The van der Waals surface area contributed by atoms with Crippen molar-refractivity contribution in [1.29, 1.82) is 0 Å². The largest absolute Gasteiger partial charge is 0.326 e. The second kappa shape index (κ2) is 3.94. The number of amides is 1. The highest BCUT2D eigenvalue weighted by atomic mass is 35.5. The van der Waals surface area contributed by atoms with E-state index < -0.39 is 0 Å². The molecule has 1 atom stereocenters. The molecule has 2 aromatic rings. The highest BCUT2D eigenvalue weighted by molar-refractivity contribution is 7.22. The van der Waals surface area contributed by atoms with Crippen LogP contribution in [-0.2, 0) is 4.79 Å². The molecule has 88 valence electrons. The van der Waals surface area contributed by atoms with Gasteiger partial charge in [-0.1, -0.05) is 22.9 Å². The Bertz CT molecular complexity index is 597. The van der Waals surface area contributed by atoms with Gasteiger partial charge in [0.1, 0.15) is 0 Å². The molecule has 1 fully saturated rings. The number of fused-ring (bicyclic) bond motifs is 1. The highest BCUT2D eigenvalue weighted by Gasteiger charge is 2.30. The van der Waals surface area contributed by atoms with Crippen molar-refractivity contribution in [3.63, 3.8) is 0 Å². The predicted molar refractivity (Wildman–Crippen MR) is 69.6 cm³/mol. The number of benzene rings is 1. The molecule has 0 radical (unpaired) electrons. The summed E-state index contributed by atoms with van der Waals surface area (Å²) in [6.07, 6.45) is 0.399. The van der Waals surface area contributed by atoms with E-state index in [4.69, 9.17) is 17.3 Å². The number of carbonyl (C=O) groups excluding carboxylic acids is 1. The van der Waals surface area contributed by atoms with Gasteiger partial charge in [0.2, 0.25) is 5.91 Å². The number of thiazole rings is 1. The number of rotatable bonds is 1. The van der Waals surface area contributed by atoms with Crippen LogP contribution in [0.4, 0.5) is 5.13 Å². The summed E-state index contributed by atoms with van der Waals surface area (Å²) in [7, 11) is 0. The molecule has 1 unspecified atom stereocenters. The third-order valence-corrected chi connectivity index (χ3v) is 4.02. The smallest absolute Gasteiger partial charge is 0.230 e. The number of hydrogen-bond acceptors (Lipinski definition) is 4. The standard InChI is InChI=1S/C11H10ClN3OS/c12-6-1-2-9-8(3-6)14-11(17-9)15-5-7(13)4-10(15)16/h1-3,7H,4-5,13H2. The average molecular weight is 268 g/mol. The maximum absolute atomic E-state index is 11.7. The van der Waals surface area contributed by atoms with Crippen LogP contribution < -0.4 is 10.6 Å². The maximum atomic E-state index is 11.7. The van der Waals surface area contributed by atoms with Crippen molar-refractivity contribution >= 4 is 44.2 Å². The van der Waals surface area contributed by atoms with Crippen molar-refractivity contribution in [3.05, 3.63) is 23.2 Å². The van der Waals surface area contributed by atoms with Gasteiger partial charge in [-0.15, -0.1) is 0 Å². The van der Waals surface area contributed by atoms with Gasteiger partial charge in [-0.2, -0.15) is 0 Å². The number of aromatic nitrogens is 1. The lowest BCUT2D eigenvalue weighted by molar-refractivity contribution is -0.117. The van der Waals surface area contributed by atoms with Gasteiger partial charge >= 0.3 is 0 Å². The van der Waals surface area contributed by atoms with E-state index in [2.05, 4.69) is 4.98 Å². The molecule has 0 saturated carbocycles. The van der Waals surface area contributed by atoms with E-state index in [-0.39, 0.29) is 11.9 Å². The number of halogens is 1. The molecule has 17 heavy (non-hydrogen) atoms. The SMILES string of the molecule is NC1CC(=O)N(c2nc3cc(Cl)ccc3s2)C1. The molecule has 0 aliphatic carbocycles. The summed E-state index contributed by atoms with van der Waals surface area (Å²) in [5, 5.41) is 1.36. The normalized spacial score (nSPS) is 20.5. The van der Waals surface area contributed by atoms with Gasteiger partial charge in [0.05, 0.1) is 10.2 Å². The molecule has 3 rings (SSSR count). The summed E-state index contributed by atoms with van der Waals surface area (Å²) in [5.74, 6) is 0.0441. The van der Waals surface area contributed by atoms with E-state index in [0.29, 0.717) is 23.1 Å². The van der Waals surface area contributed by atoms with Gasteiger partial charge in [0.15, 0.2) is 5.13 Å². The summed E-state index contributed by atoms with van der Waals surface area (Å²) in [6.45, 7) is 0.548. The number of carbonyl (C=O) groups is 1. The van der Waals surface area contributed by atoms with Crippen molar-refractivity contribution in [1.82, 2.24) is 4.98 Å². The molecule has 2 heterocycles. The Morgan fingerprint density at radius 3 is 3.06 bits per heavy atom. The summed E-state index contributed by atoms with van der Waals surface area (Å²) < 4.78 is 1.03. The van der Waals surface area contributed by atoms with Gasteiger partial charge in [-0.3, -0.25) is 9.69 Å². The first-order chi connectivity index (χ1) is 8.13. The Morgan fingerprint density at radius 2 is 2.35 bits per heavy atom. The van der Waals surface area contributed by atoms with Crippen LogP contribution in [0.25, 0.3) is 10.2 Å². The fourth-order valence-corrected chi connectivity index (χ4v) is 3.06. The van der Waals surface area contributed by atoms with E-state index in [0.717, 1.165) is 10.2 Å². The Balaban J connectivity index is 2.03. The Morgan fingerprint density at radius 1 is 1.53 bits per heavy atom. The lowest BCUT2D eigenvalue weighted by Gasteiger charge is -2.10. The van der Waals surface area contributed by atoms with E-state index in [1.165, 1.54) is 11.3 Å². The second-order valence-electron chi connectivity index (χ2n) is 4.08. The van der Waals surface area contributed by atoms with Crippen molar-refractivity contribution in [2.45, 2.75) is 12.5 Å². The van der Waals surface area contributed by atoms with Crippen LogP contribution in [0.15, 0.2) is 18.2 Å². The molecule has 1 aromatic carbocycles. The van der Waals surface area contributed by atoms with Crippen LogP contribution in [0.5, 0.6) is 0 Å². The molecule has 0 bridgehead atoms. The van der Waals surface area contributed by atoms with E-state index in [1.807, 2.05) is 12.1 Å². The molecule has 1 aliphatic rings. The van der Waals surface area contributed by atoms with Crippen LogP contribution >= 0.6 is 22.9 Å². The molecule has 2 N–H and O–H groups in total. The van der Waals surface area contributed by atoms with Gasteiger partial charge in [-0.25, -0.2) is 4.98 Å². The van der Waals surface area contributed by atoms with E-state index in [9.17, 15) is 4.79 Å². The van der Waals surface area contributed by atoms with Gasteiger partial charge in [0, 0.05) is 24.0 Å². The van der Waals surface area contributed by atoms with Crippen LogP contribution in [0, 0.1) is 0 Å². The summed E-state index contributed by atoms with van der Waals surface area (Å²) in [5.41, 5.74) is 6.59. The summed E-state index contributed by atoms with van der Waals surface area (Å²) in [4.78, 5) is 17.8. The van der Waals surface area contributed by atoms with Crippen LogP contribution in [0.2, 0.25) is 5.02 Å². The quantitative estimate of drug-likeness (QED) is 0.860. The van der Waals surface area contributed by atoms with Gasteiger partial charge < -0.3 is 5.73 Å². The molecular weight excluding hydrogens is 258 g/mol. The minimum Gasteiger partial charge on any atom is -0.326 e. The zero-order valence-electron chi connectivity index (χ0n) is 8.89. The van der Waals surface area contributed by atoms with Crippen LogP contribution in [0.3, 0.4) is 0 Å². The van der Waals surface area contributed by atoms with Crippen LogP contribution in [0.1, 0.15) is 6.42 Å². The molecule has 1 saturated heterocycles. The number of hydrogen-bond donors (Lipinski definition) is 1. The number of nitrogens with zero attached hydrogens (tertiary/aromatic N) is 2. The lowest BCUT2D eigenvalue weighted by Crippen LogP contribution is -2.27. The number of anilines is 1. The topological polar surface area (TPSA) is 59.2 Å². The summed E-state index contributed by atoms with van der Waals surface area (Å²) in [6, 6.07) is 5.46. The Hall–Kier alpha value is -1.17. The Labute approximate surface area is 107 Å². The fourth-order valence-electron chi connectivity index (χ4n) is 1.92. The third-order valence-electron chi connectivity index (χ3n) is 2.72. The van der Waals surface area contributed by atoms with E-state index in [1.54, 1.807) is 11.0 Å². The average Bonchev–Trinajstić information content (AvgIpc) is 2.80. The minimum absolute atomic E-state index is 0.0441. The maximum Gasteiger partial charge on any atom is 0.230 e. The predicted octanol–water partition coefficient (Wildman–Crippen LogP) is 2.01. The first-order valence-electron chi connectivity index (χ1n) is 5.25. The molecule has 1 aliphatic heterocycles. The molecule has 6 heteroatoms. The molecule has 4 nitrogen and oxygen atoms in total. The monoisotopic (exact) mass is 267 g/mol. The summed E-state index contributed by atoms with van der Waals surface area (Å²) >= 11 is 7.39. The van der Waals surface area contributed by atoms with Gasteiger partial charge in [-0.05, 0) is 18.2 Å². The van der Waals surface area contributed by atoms with Crippen molar-refractivity contribution < 1.29 is 4.79 Å². The first-order valence-corrected chi connectivity index (χ1v) is 6.45. The van der Waals surface area contributed by atoms with Gasteiger partial charge in [0.25, 0.3) is 0 Å². The molecule has 1 amide bonds. The van der Waals surface area contributed by atoms with Crippen molar-refractivity contribution in [2.24, 2.45) is 5.73 Å². The lowest BCUT2D eigenvalue weighted by atomic mass is 10.3. The third kappa shape index (κ3) is 1.90. The Kier molecular flexibility index (Phi) is 2.54. The first kappa shape index (κ1) is 11.0. The van der Waals surface area contributed by atoms with Crippen molar-refractivity contribution in [2.75, 3.05) is 11.4 Å². The second-order valence-corrected chi connectivity index (χ2v) is 5.52. The number of nitrogens with two attached hydrogens (primary N) is 1. The highest BCUT2D eigenvalue weighted by Crippen LogP contribution is 2.32. The molecule has 0 spiro atoms. The molecular formula is C11H10ClN3OS. The van der Waals surface area contributed by atoms with E-state index >= 15 is 0 Å². The minimum atomic E-state index is -0.0851. The van der Waals surface area contributed by atoms with Crippen LogP contribution in [-0.4, -0.2) is 23.5 Å².